The van der Waals surface area contributed by atoms with Crippen molar-refractivity contribution in [2.24, 2.45) is 0 Å². The lowest BCUT2D eigenvalue weighted by Crippen LogP contribution is -2.43. The quantitative estimate of drug-likeness (QED) is 0.708. The van der Waals surface area contributed by atoms with Gasteiger partial charge in [0.2, 0.25) is 15.7 Å². The number of hydrogen-bond donors (Lipinski definition) is 1. The highest BCUT2D eigenvalue weighted by Crippen LogP contribution is 2.43. The Bertz CT molecular complexity index is 780. The van der Waals surface area contributed by atoms with Crippen molar-refractivity contribution in [1.29, 1.82) is 0 Å². The number of likely N-dealkylation sites (N-methyl/N-ethyl adjacent to an activating group) is 1. The molecule has 0 saturated carbocycles. The summed E-state index contributed by atoms with van der Waals surface area (Å²) in [7, 11) is 1.20. The van der Waals surface area contributed by atoms with Gasteiger partial charge in [-0.3, -0.25) is 4.90 Å². The fourth-order valence-electron chi connectivity index (χ4n) is 4.10. The normalized spacial score (nSPS) is 24.8. The minimum absolute atomic E-state index is 0.0936. The van der Waals surface area contributed by atoms with Crippen LogP contribution in [0.3, 0.4) is 0 Å². The standard InChI is InChI=1S/C19H31N3O5S/c1-14-11-16(17(26-4)21-13-14)28(23,24)18-15(22(2)9-10-25-3)12-19(27-18)5-7-20-8-6-19/h11,13,15,18,20H,5-10,12H2,1-4H3. The minimum atomic E-state index is -3.81. The van der Waals surface area contributed by atoms with E-state index in [1.54, 1.807) is 19.4 Å². The van der Waals surface area contributed by atoms with Crippen LogP contribution in [-0.4, -0.2) is 82.9 Å². The van der Waals surface area contributed by atoms with Crippen LogP contribution in [0, 0.1) is 6.92 Å². The summed E-state index contributed by atoms with van der Waals surface area (Å²) in [5, 5.41) is 3.33. The molecule has 1 aromatic heterocycles. The Morgan fingerprint density at radius 2 is 2.07 bits per heavy atom. The second-order valence-corrected chi connectivity index (χ2v) is 9.72. The van der Waals surface area contributed by atoms with E-state index in [2.05, 4.69) is 10.3 Å². The van der Waals surface area contributed by atoms with Gasteiger partial charge in [-0.15, -0.1) is 0 Å². The molecule has 0 aromatic carbocycles. The predicted octanol–water partition coefficient (Wildman–Crippen LogP) is 0.988. The Morgan fingerprint density at radius 1 is 1.36 bits per heavy atom. The molecule has 9 heteroatoms. The number of pyridine rings is 1. The van der Waals surface area contributed by atoms with Crippen LogP contribution in [0.5, 0.6) is 5.88 Å². The molecule has 3 heterocycles. The first-order valence-corrected chi connectivity index (χ1v) is 11.2. The van der Waals surface area contributed by atoms with Crippen LogP contribution in [0.4, 0.5) is 0 Å². The Morgan fingerprint density at radius 3 is 2.71 bits per heavy atom. The number of aryl methyl sites for hydroxylation is 1. The topological polar surface area (TPSA) is 90.0 Å². The molecule has 2 aliphatic heterocycles. The van der Waals surface area contributed by atoms with Crippen molar-refractivity contribution in [3.05, 3.63) is 17.8 Å². The number of piperidine rings is 1. The molecule has 0 amide bonds. The van der Waals surface area contributed by atoms with Crippen LogP contribution in [-0.2, 0) is 19.3 Å². The number of aromatic nitrogens is 1. The number of methoxy groups -OCH3 is 2. The number of nitrogens with one attached hydrogen (secondary N) is 1. The molecule has 1 aromatic rings. The van der Waals surface area contributed by atoms with E-state index in [0.717, 1.165) is 31.5 Å². The van der Waals surface area contributed by atoms with E-state index in [4.69, 9.17) is 14.2 Å². The zero-order chi connectivity index (χ0) is 20.4. The van der Waals surface area contributed by atoms with E-state index in [1.165, 1.54) is 7.11 Å². The molecule has 3 rings (SSSR count). The maximum absolute atomic E-state index is 13.7. The minimum Gasteiger partial charge on any atom is -0.480 e. The average molecular weight is 414 g/mol. The molecule has 2 aliphatic rings. The average Bonchev–Trinajstić information content (AvgIpc) is 3.06. The number of hydrogen-bond acceptors (Lipinski definition) is 8. The summed E-state index contributed by atoms with van der Waals surface area (Å²) in [5.41, 5.74) is -0.623. The largest absolute Gasteiger partial charge is 0.480 e. The molecule has 28 heavy (non-hydrogen) atoms. The predicted molar refractivity (Wildman–Crippen MR) is 105 cm³/mol. The molecule has 2 fully saturated rings. The van der Waals surface area contributed by atoms with Crippen molar-refractivity contribution in [3.8, 4) is 5.88 Å². The lowest BCUT2D eigenvalue weighted by molar-refractivity contribution is -0.0357. The first kappa shape index (κ1) is 21.4. The maximum Gasteiger partial charge on any atom is 0.232 e. The van der Waals surface area contributed by atoms with Gasteiger partial charge in [-0.2, -0.15) is 0 Å². The van der Waals surface area contributed by atoms with Crippen LogP contribution >= 0.6 is 0 Å². The first-order valence-electron chi connectivity index (χ1n) is 9.65. The van der Waals surface area contributed by atoms with Gasteiger partial charge in [0.25, 0.3) is 0 Å². The van der Waals surface area contributed by atoms with Gasteiger partial charge in [0, 0.05) is 19.9 Å². The van der Waals surface area contributed by atoms with E-state index < -0.39 is 20.9 Å². The van der Waals surface area contributed by atoms with Crippen LogP contribution in [0.25, 0.3) is 0 Å². The van der Waals surface area contributed by atoms with Crippen LogP contribution in [0.1, 0.15) is 24.8 Å². The second kappa shape index (κ2) is 8.62. The summed E-state index contributed by atoms with van der Waals surface area (Å²) >= 11 is 0. The van der Waals surface area contributed by atoms with Crippen molar-refractivity contribution in [1.82, 2.24) is 15.2 Å². The number of nitrogens with zero attached hydrogens (tertiary/aromatic N) is 2. The highest BCUT2D eigenvalue weighted by atomic mass is 32.2. The second-order valence-electron chi connectivity index (χ2n) is 7.73. The zero-order valence-corrected chi connectivity index (χ0v) is 17.9. The molecular formula is C19H31N3O5S. The smallest absolute Gasteiger partial charge is 0.232 e. The molecule has 2 unspecified atom stereocenters. The van der Waals surface area contributed by atoms with Crippen LogP contribution < -0.4 is 10.1 Å². The summed E-state index contributed by atoms with van der Waals surface area (Å²) in [4.78, 5) is 6.29. The van der Waals surface area contributed by atoms with Gasteiger partial charge in [-0.25, -0.2) is 13.4 Å². The molecular weight excluding hydrogens is 382 g/mol. The Hall–Kier alpha value is -1.26. The molecule has 0 radical (unpaired) electrons. The molecule has 1 spiro atoms. The van der Waals surface area contributed by atoms with Crippen molar-refractivity contribution < 1.29 is 22.6 Å². The summed E-state index contributed by atoms with van der Waals surface area (Å²) in [6.07, 6.45) is 3.89. The molecule has 2 atom stereocenters. The maximum atomic E-state index is 13.7. The van der Waals surface area contributed by atoms with Crippen molar-refractivity contribution in [3.63, 3.8) is 0 Å². The Balaban J connectivity index is 1.98. The summed E-state index contributed by atoms with van der Waals surface area (Å²) in [6.45, 7) is 4.64. The van der Waals surface area contributed by atoms with Gasteiger partial charge < -0.3 is 19.5 Å². The van der Waals surface area contributed by atoms with Crippen molar-refractivity contribution >= 4 is 9.84 Å². The molecule has 0 aliphatic carbocycles. The number of sulfone groups is 1. The molecule has 8 nitrogen and oxygen atoms in total. The van der Waals surface area contributed by atoms with Gasteiger partial charge in [-0.05, 0) is 58.0 Å². The van der Waals surface area contributed by atoms with E-state index in [0.29, 0.717) is 19.6 Å². The lowest BCUT2D eigenvalue weighted by Gasteiger charge is -2.33. The van der Waals surface area contributed by atoms with Crippen molar-refractivity contribution in [2.45, 2.75) is 48.2 Å². The van der Waals surface area contributed by atoms with Gasteiger partial charge in [0.05, 0.1) is 25.4 Å². The third-order valence-electron chi connectivity index (χ3n) is 5.75. The number of ether oxygens (including phenoxy) is 3. The van der Waals surface area contributed by atoms with Crippen molar-refractivity contribution in [2.75, 3.05) is 47.5 Å². The fourth-order valence-corrected chi connectivity index (χ4v) is 6.13. The highest BCUT2D eigenvalue weighted by Gasteiger charge is 2.53. The lowest BCUT2D eigenvalue weighted by atomic mass is 9.88. The van der Waals surface area contributed by atoms with E-state index in [9.17, 15) is 8.42 Å². The van der Waals surface area contributed by atoms with Gasteiger partial charge in [-0.1, -0.05) is 0 Å². The fraction of sp³-hybridized carbons (Fsp3) is 0.737. The summed E-state index contributed by atoms with van der Waals surface area (Å²) in [6, 6.07) is 1.35. The van der Waals surface area contributed by atoms with E-state index in [1.807, 2.05) is 18.9 Å². The molecule has 1 N–H and O–H groups in total. The van der Waals surface area contributed by atoms with Crippen LogP contribution in [0.2, 0.25) is 0 Å². The van der Waals surface area contributed by atoms with Gasteiger partial charge >= 0.3 is 0 Å². The molecule has 2 saturated heterocycles. The Kier molecular flexibility index (Phi) is 6.61. The van der Waals surface area contributed by atoms with Crippen LogP contribution in [0.15, 0.2) is 17.2 Å². The Labute approximate surface area is 167 Å². The first-order chi connectivity index (χ1) is 13.3. The summed E-state index contributed by atoms with van der Waals surface area (Å²) < 4.78 is 44.1. The number of rotatable bonds is 7. The molecule has 0 bridgehead atoms. The third-order valence-corrected chi connectivity index (χ3v) is 7.68. The van der Waals surface area contributed by atoms with E-state index >= 15 is 0 Å². The van der Waals surface area contributed by atoms with Gasteiger partial charge in [0.15, 0.2) is 5.44 Å². The monoisotopic (exact) mass is 413 g/mol. The SMILES string of the molecule is COCCN(C)C1CC2(CCNCC2)OC1S(=O)(=O)c1cc(C)cnc1OC. The zero-order valence-electron chi connectivity index (χ0n) is 17.1. The third kappa shape index (κ3) is 4.18. The van der Waals surface area contributed by atoms with Gasteiger partial charge in [0.1, 0.15) is 4.90 Å². The van der Waals surface area contributed by atoms with E-state index in [-0.39, 0.29) is 16.8 Å². The highest BCUT2D eigenvalue weighted by molar-refractivity contribution is 7.92. The molecule has 158 valence electrons. The summed E-state index contributed by atoms with van der Waals surface area (Å²) in [5.74, 6) is 0.110.